The molecule has 2 aromatic rings. The van der Waals surface area contributed by atoms with E-state index in [1.54, 1.807) is 7.11 Å². The van der Waals surface area contributed by atoms with E-state index in [0.717, 1.165) is 78.4 Å². The second-order valence-corrected chi connectivity index (χ2v) is 10.4. The molecule has 0 spiro atoms. The van der Waals surface area contributed by atoms with Crippen LogP contribution in [0.1, 0.15) is 49.7 Å². The van der Waals surface area contributed by atoms with Crippen LogP contribution in [0.4, 0.5) is 5.69 Å². The predicted molar refractivity (Wildman–Crippen MR) is 145 cm³/mol. The first-order valence-corrected chi connectivity index (χ1v) is 13.8. The third-order valence-electron chi connectivity index (χ3n) is 8.29. The van der Waals surface area contributed by atoms with Gasteiger partial charge < -0.3 is 19.2 Å². The maximum absolute atomic E-state index is 9.55. The van der Waals surface area contributed by atoms with Crippen molar-refractivity contribution in [3.05, 3.63) is 53.6 Å². The number of para-hydroxylation sites is 1. The van der Waals surface area contributed by atoms with E-state index in [2.05, 4.69) is 29.2 Å². The summed E-state index contributed by atoms with van der Waals surface area (Å²) >= 11 is 0. The molecule has 0 bridgehead atoms. The number of nitrogens with zero attached hydrogens (tertiary/aromatic N) is 4. The van der Waals surface area contributed by atoms with Crippen molar-refractivity contribution in [3.8, 4) is 17.6 Å². The maximum atomic E-state index is 9.55. The largest absolute Gasteiger partial charge is 0.486 e. The van der Waals surface area contributed by atoms with Gasteiger partial charge in [0.25, 0.3) is 0 Å². The quantitative estimate of drug-likeness (QED) is 0.227. The number of oxime groups is 1. The molecular weight excluding hydrogens is 464 g/mol. The lowest BCUT2D eigenvalue weighted by atomic mass is 9.86. The zero-order chi connectivity index (χ0) is 25.5. The van der Waals surface area contributed by atoms with Crippen LogP contribution in [0.25, 0.3) is 0 Å². The molecule has 1 saturated carbocycles. The van der Waals surface area contributed by atoms with Crippen molar-refractivity contribution in [1.29, 1.82) is 5.26 Å². The molecule has 2 aliphatic heterocycles. The van der Waals surface area contributed by atoms with Gasteiger partial charge in [-0.25, -0.2) is 0 Å². The molecule has 7 nitrogen and oxygen atoms in total. The number of anilines is 1. The Bertz CT molecular complexity index is 1130. The number of amidine groups is 1. The first-order chi connectivity index (χ1) is 18.2. The maximum Gasteiger partial charge on any atom is 0.241 e. The number of fused-ring (bicyclic) bond motifs is 1. The lowest BCUT2D eigenvalue weighted by Crippen LogP contribution is -2.64. The molecule has 3 aliphatic rings. The number of nitriles is 1. The molecule has 0 aromatic heterocycles. The van der Waals surface area contributed by atoms with Crippen LogP contribution in [0.15, 0.2) is 47.6 Å². The summed E-state index contributed by atoms with van der Waals surface area (Å²) in [5, 5.41) is 14.3. The molecule has 2 fully saturated rings. The van der Waals surface area contributed by atoms with Crippen LogP contribution < -0.4 is 14.4 Å². The fourth-order valence-electron chi connectivity index (χ4n) is 6.39. The number of benzene rings is 2. The molecule has 37 heavy (non-hydrogen) atoms. The Hall–Kier alpha value is -3.24. The van der Waals surface area contributed by atoms with Crippen molar-refractivity contribution < 1.29 is 18.8 Å². The summed E-state index contributed by atoms with van der Waals surface area (Å²) in [4.78, 5) is 7.95. The summed E-state index contributed by atoms with van der Waals surface area (Å²) in [5.74, 6) is 3.42. The lowest BCUT2D eigenvalue weighted by molar-refractivity contribution is -0.846. The summed E-state index contributed by atoms with van der Waals surface area (Å²) in [6, 6.07) is 16.6. The minimum atomic E-state index is 0.480. The Labute approximate surface area is 220 Å². The Morgan fingerprint density at radius 3 is 2.62 bits per heavy atom. The second kappa shape index (κ2) is 11.9. The number of ether oxygens (including phenoxy) is 2. The third kappa shape index (κ3) is 5.55. The molecule has 1 saturated heterocycles. The van der Waals surface area contributed by atoms with E-state index in [-0.39, 0.29) is 0 Å². The van der Waals surface area contributed by atoms with Gasteiger partial charge in [-0.1, -0.05) is 43.5 Å². The van der Waals surface area contributed by atoms with Gasteiger partial charge in [0.15, 0.2) is 11.5 Å². The van der Waals surface area contributed by atoms with Crippen LogP contribution in [0, 0.1) is 17.2 Å². The van der Waals surface area contributed by atoms with Crippen molar-refractivity contribution >= 4 is 11.5 Å². The number of piperazine rings is 1. The lowest BCUT2D eigenvalue weighted by Gasteiger charge is -2.47. The van der Waals surface area contributed by atoms with Gasteiger partial charge >= 0.3 is 0 Å². The Morgan fingerprint density at radius 2 is 1.84 bits per heavy atom. The third-order valence-corrected chi connectivity index (χ3v) is 8.29. The molecule has 0 amide bonds. The van der Waals surface area contributed by atoms with Gasteiger partial charge in [-0.3, -0.25) is 4.48 Å². The number of hydrogen-bond donors (Lipinski definition) is 0. The summed E-state index contributed by atoms with van der Waals surface area (Å²) in [7, 11) is 1.69. The van der Waals surface area contributed by atoms with Gasteiger partial charge in [-0.05, 0) is 48.2 Å². The van der Waals surface area contributed by atoms with E-state index in [9.17, 15) is 5.26 Å². The molecule has 7 heteroatoms. The minimum Gasteiger partial charge on any atom is -0.486 e. The van der Waals surface area contributed by atoms with E-state index in [4.69, 9.17) is 19.5 Å². The topological polar surface area (TPSA) is 67.1 Å². The van der Waals surface area contributed by atoms with Crippen molar-refractivity contribution in [2.45, 2.75) is 44.9 Å². The number of aryl methyl sites for hydroxylation is 1. The first kappa shape index (κ1) is 25.4. The summed E-state index contributed by atoms with van der Waals surface area (Å²) in [6.45, 7) is 5.98. The fraction of sp³-hybridized carbons (Fsp3) is 0.533. The van der Waals surface area contributed by atoms with Gasteiger partial charge in [0, 0.05) is 6.42 Å². The van der Waals surface area contributed by atoms with E-state index < -0.39 is 0 Å². The highest BCUT2D eigenvalue weighted by atomic mass is 16.6. The summed E-state index contributed by atoms with van der Waals surface area (Å²) < 4.78 is 12.8. The predicted octanol–water partition coefficient (Wildman–Crippen LogP) is 5.14. The zero-order valence-corrected chi connectivity index (χ0v) is 22.0. The molecular formula is C30H39N4O3+. The van der Waals surface area contributed by atoms with E-state index in [0.29, 0.717) is 19.1 Å². The van der Waals surface area contributed by atoms with E-state index in [1.165, 1.54) is 37.9 Å². The highest BCUT2D eigenvalue weighted by molar-refractivity contribution is 5.78. The molecule has 2 heterocycles. The summed E-state index contributed by atoms with van der Waals surface area (Å²) in [5.41, 5.74) is 3.05. The van der Waals surface area contributed by atoms with Gasteiger partial charge in [-0.2, -0.15) is 5.26 Å². The Morgan fingerprint density at radius 1 is 1.05 bits per heavy atom. The van der Waals surface area contributed by atoms with Gasteiger partial charge in [0.05, 0.1) is 42.9 Å². The average Bonchev–Trinajstić information content (AvgIpc) is 2.97. The molecule has 0 N–H and O–H groups in total. The monoisotopic (exact) mass is 503 g/mol. The van der Waals surface area contributed by atoms with Crippen LogP contribution in [-0.4, -0.2) is 63.4 Å². The molecule has 2 aromatic carbocycles. The Kier molecular flexibility index (Phi) is 8.15. The minimum absolute atomic E-state index is 0.480. The zero-order valence-electron chi connectivity index (χ0n) is 22.0. The smallest absolute Gasteiger partial charge is 0.241 e. The highest BCUT2D eigenvalue weighted by Crippen LogP contribution is 2.40. The van der Waals surface area contributed by atoms with E-state index >= 15 is 0 Å². The molecule has 5 rings (SSSR count). The van der Waals surface area contributed by atoms with Crippen molar-refractivity contribution in [2.75, 3.05) is 57.9 Å². The van der Waals surface area contributed by atoms with Crippen molar-refractivity contribution in [2.24, 2.45) is 11.1 Å². The normalized spacial score (nSPS) is 19.8. The Balaban J connectivity index is 1.37. The number of quaternary nitrogens is 1. The van der Waals surface area contributed by atoms with Crippen LogP contribution >= 0.6 is 0 Å². The van der Waals surface area contributed by atoms with Crippen LogP contribution in [-0.2, 0) is 11.3 Å². The van der Waals surface area contributed by atoms with Crippen LogP contribution in [0.5, 0.6) is 11.5 Å². The van der Waals surface area contributed by atoms with Gasteiger partial charge in [0.2, 0.25) is 5.84 Å². The van der Waals surface area contributed by atoms with E-state index in [1.807, 2.05) is 24.3 Å². The average molecular weight is 504 g/mol. The van der Waals surface area contributed by atoms with Gasteiger partial charge in [0.1, 0.15) is 33.4 Å². The molecule has 0 unspecified atom stereocenters. The first-order valence-electron chi connectivity index (χ1n) is 13.8. The number of rotatable bonds is 7. The van der Waals surface area contributed by atoms with Gasteiger partial charge in [-0.15, -0.1) is 0 Å². The SMILES string of the molecule is CO/N=C(\C1CCCCC1)[N+]1(CCCc2ccccc2C#N)CCN(c2cccc3c2OCCO3)CC1. The second-order valence-electron chi connectivity index (χ2n) is 10.4. The van der Waals surface area contributed by atoms with Crippen LogP contribution in [0.2, 0.25) is 0 Å². The van der Waals surface area contributed by atoms with Crippen LogP contribution in [0.3, 0.4) is 0 Å². The molecule has 0 atom stereocenters. The van der Waals surface area contributed by atoms with Crippen molar-refractivity contribution in [3.63, 3.8) is 0 Å². The van der Waals surface area contributed by atoms with Crippen molar-refractivity contribution in [1.82, 2.24) is 0 Å². The molecule has 0 radical (unpaired) electrons. The standard InChI is InChI=1S/C30H39N4O3/c1-35-32-30(25-10-3-2-4-11-25)34(18-8-13-24-9-5-6-12-26(24)23-31)19-16-33(17-20-34)27-14-7-15-28-29(27)37-22-21-36-28/h5-7,9,12,14-15,25H,2-4,8,10-11,13,16-22H2,1H3/q+1/b32-30+. The summed E-state index contributed by atoms with van der Waals surface area (Å²) in [6.07, 6.45) is 8.14. The number of hydrogen-bond acceptors (Lipinski definition) is 6. The molecule has 196 valence electrons. The fourth-order valence-corrected chi connectivity index (χ4v) is 6.39. The molecule has 1 aliphatic carbocycles. The highest BCUT2D eigenvalue weighted by Gasteiger charge is 2.43.